The van der Waals surface area contributed by atoms with Crippen LogP contribution in [0.4, 0.5) is 5.69 Å². The molecule has 1 aromatic rings. The minimum Gasteiger partial charge on any atom is -0.759 e. The molecule has 0 saturated carbocycles. The number of benzene rings is 1. The van der Waals surface area contributed by atoms with Gasteiger partial charge in [0.2, 0.25) is 0 Å². The van der Waals surface area contributed by atoms with Crippen LogP contribution < -0.4 is 18.0 Å². The molecular formula is C6H15N3O4S. The lowest BCUT2D eigenvalue weighted by molar-refractivity contribution is 0.352. The van der Waals surface area contributed by atoms with E-state index in [1.807, 2.05) is 30.3 Å². The van der Waals surface area contributed by atoms with Crippen LogP contribution in [0.5, 0.6) is 0 Å². The van der Waals surface area contributed by atoms with Crippen molar-refractivity contribution in [2.75, 3.05) is 5.73 Å². The Labute approximate surface area is 82.7 Å². The lowest BCUT2D eigenvalue weighted by atomic mass is 10.3. The third-order valence-corrected chi connectivity index (χ3v) is 0.800. The molecule has 0 aromatic heterocycles. The Morgan fingerprint density at radius 1 is 1.00 bits per heavy atom. The topological polar surface area (TPSA) is 179 Å². The van der Waals surface area contributed by atoms with E-state index in [4.69, 9.17) is 23.3 Å². The normalized spacial score (nSPS) is 8.43. The van der Waals surface area contributed by atoms with Gasteiger partial charge in [0.1, 0.15) is 0 Å². The van der Waals surface area contributed by atoms with E-state index in [1.54, 1.807) is 0 Å². The van der Waals surface area contributed by atoms with Crippen molar-refractivity contribution in [3.05, 3.63) is 30.3 Å². The average molecular weight is 225 g/mol. The number of anilines is 1. The Morgan fingerprint density at radius 3 is 1.43 bits per heavy atom. The van der Waals surface area contributed by atoms with E-state index in [0.717, 1.165) is 5.69 Å². The summed E-state index contributed by atoms with van der Waals surface area (Å²) in [6.45, 7) is 0. The van der Waals surface area contributed by atoms with E-state index in [-0.39, 0.29) is 12.3 Å². The molecule has 0 saturated heterocycles. The van der Waals surface area contributed by atoms with Gasteiger partial charge in [0, 0.05) is 16.1 Å². The summed E-state index contributed by atoms with van der Waals surface area (Å²) in [5.74, 6) is 0. The van der Waals surface area contributed by atoms with Gasteiger partial charge in [-0.3, -0.25) is 8.42 Å². The predicted molar refractivity (Wildman–Crippen MR) is 53.3 cm³/mol. The van der Waals surface area contributed by atoms with E-state index >= 15 is 0 Å². The molecule has 10 N–H and O–H groups in total. The molecule has 0 fully saturated rings. The summed E-state index contributed by atoms with van der Waals surface area (Å²) >= 11 is 0. The second-order valence-corrected chi connectivity index (χ2v) is 2.64. The maximum absolute atomic E-state index is 8.52. The maximum atomic E-state index is 8.52. The third-order valence-electron chi connectivity index (χ3n) is 0.800. The van der Waals surface area contributed by atoms with Gasteiger partial charge in [-0.05, 0) is 12.1 Å². The Balaban J connectivity index is -0.000000159. The number of rotatable bonds is 0. The second-order valence-electron chi connectivity index (χ2n) is 1.82. The van der Waals surface area contributed by atoms with Gasteiger partial charge >= 0.3 is 0 Å². The molecule has 0 amide bonds. The van der Waals surface area contributed by atoms with E-state index in [9.17, 15) is 0 Å². The molecule has 0 spiro atoms. The highest BCUT2D eigenvalue weighted by Crippen LogP contribution is 1.95. The van der Waals surface area contributed by atoms with Crippen LogP contribution in [-0.2, 0) is 10.4 Å². The Morgan fingerprint density at radius 2 is 1.29 bits per heavy atom. The van der Waals surface area contributed by atoms with Crippen molar-refractivity contribution in [2.45, 2.75) is 0 Å². The molecule has 1 aromatic carbocycles. The summed E-state index contributed by atoms with van der Waals surface area (Å²) < 4.78 is 34.1. The fourth-order valence-corrected chi connectivity index (χ4v) is 0.453. The molecule has 0 radical (unpaired) electrons. The molecule has 14 heavy (non-hydrogen) atoms. The van der Waals surface area contributed by atoms with Gasteiger partial charge in [-0.25, -0.2) is 0 Å². The Kier molecular flexibility index (Phi) is 11.2. The summed E-state index contributed by atoms with van der Waals surface area (Å²) in [6.07, 6.45) is 0. The van der Waals surface area contributed by atoms with Crippen molar-refractivity contribution in [1.82, 2.24) is 12.3 Å². The predicted octanol–water partition coefficient (Wildman–Crippen LogP) is 0.683. The highest BCUT2D eigenvalue weighted by molar-refractivity contribution is 7.79. The van der Waals surface area contributed by atoms with Crippen molar-refractivity contribution < 1.29 is 17.5 Å². The summed E-state index contributed by atoms with van der Waals surface area (Å²) in [7, 11) is -5.17. The summed E-state index contributed by atoms with van der Waals surface area (Å²) in [6, 6.07) is 9.49. The first kappa shape index (κ1) is 18.6. The van der Waals surface area contributed by atoms with Gasteiger partial charge in [-0.2, -0.15) is 0 Å². The van der Waals surface area contributed by atoms with E-state index in [0.29, 0.717) is 0 Å². The molecule has 0 unspecified atom stereocenters. The van der Waals surface area contributed by atoms with Gasteiger partial charge in [0.05, 0.1) is 0 Å². The molecule has 0 heterocycles. The van der Waals surface area contributed by atoms with Crippen LogP contribution in [-0.4, -0.2) is 17.5 Å². The van der Waals surface area contributed by atoms with Crippen LogP contribution in [0, 0.1) is 0 Å². The van der Waals surface area contributed by atoms with Crippen LogP contribution in [0.3, 0.4) is 0 Å². The number of quaternary nitrogens is 2. The summed E-state index contributed by atoms with van der Waals surface area (Å²) in [4.78, 5) is 0. The standard InChI is InChI=1S/C6H7N.2H3N.H2O4S/c7-6-4-2-1-3-5-6;;;1-5(2,3)4/h1-5H,7H2;2*1H3;(H2,1,2,3,4). The van der Waals surface area contributed by atoms with E-state index in [2.05, 4.69) is 0 Å². The largest absolute Gasteiger partial charge is 0.759 e. The quantitative estimate of drug-likeness (QED) is 0.333. The first-order valence-electron chi connectivity index (χ1n) is 2.87. The van der Waals surface area contributed by atoms with Gasteiger partial charge in [0.15, 0.2) is 0 Å². The molecule has 0 aliphatic heterocycles. The molecule has 84 valence electrons. The SMILES string of the molecule is Nc1ccccc1.O=S(=O)([O-])[O-].[NH4+].[NH4+]. The fourth-order valence-electron chi connectivity index (χ4n) is 0.453. The van der Waals surface area contributed by atoms with Crippen molar-refractivity contribution >= 4 is 16.1 Å². The van der Waals surface area contributed by atoms with Gasteiger partial charge < -0.3 is 27.1 Å². The molecule has 0 bridgehead atoms. The lowest BCUT2D eigenvalue weighted by Crippen LogP contribution is -1.91. The fraction of sp³-hybridized carbons (Fsp3) is 0. The molecule has 1 rings (SSSR count). The lowest BCUT2D eigenvalue weighted by Gasteiger charge is -2.06. The van der Waals surface area contributed by atoms with Gasteiger partial charge in [-0.1, -0.05) is 18.2 Å². The zero-order valence-electron chi connectivity index (χ0n) is 8.01. The van der Waals surface area contributed by atoms with Crippen molar-refractivity contribution in [3.8, 4) is 0 Å². The Hall–Kier alpha value is -1.19. The van der Waals surface area contributed by atoms with Crippen LogP contribution in [0.25, 0.3) is 0 Å². The number of hydrogen-bond acceptors (Lipinski definition) is 5. The number of para-hydroxylation sites is 1. The van der Waals surface area contributed by atoms with E-state index in [1.165, 1.54) is 0 Å². The average Bonchev–Trinajstić information content (AvgIpc) is 1.85. The van der Waals surface area contributed by atoms with Gasteiger partial charge in [-0.15, -0.1) is 0 Å². The minimum atomic E-state index is -5.17. The van der Waals surface area contributed by atoms with Crippen molar-refractivity contribution in [1.29, 1.82) is 0 Å². The molecule has 0 aliphatic rings. The van der Waals surface area contributed by atoms with Crippen molar-refractivity contribution in [3.63, 3.8) is 0 Å². The smallest absolute Gasteiger partial charge is 0.0313 e. The zero-order valence-corrected chi connectivity index (χ0v) is 8.82. The molecule has 0 aliphatic carbocycles. The zero-order chi connectivity index (χ0) is 9.61. The highest BCUT2D eigenvalue weighted by atomic mass is 32.3. The van der Waals surface area contributed by atoms with Crippen LogP contribution in [0.2, 0.25) is 0 Å². The molecular weight excluding hydrogens is 210 g/mol. The monoisotopic (exact) mass is 225 g/mol. The summed E-state index contributed by atoms with van der Waals surface area (Å²) in [5.41, 5.74) is 6.18. The number of hydrogen-bond donors (Lipinski definition) is 3. The number of nitrogens with two attached hydrogens (primary N) is 1. The second kappa shape index (κ2) is 8.41. The molecule has 7 nitrogen and oxygen atoms in total. The summed E-state index contributed by atoms with van der Waals surface area (Å²) in [5, 5.41) is 0. The first-order valence-corrected chi connectivity index (χ1v) is 4.20. The van der Waals surface area contributed by atoms with E-state index < -0.39 is 10.4 Å². The molecule has 8 heteroatoms. The van der Waals surface area contributed by atoms with Crippen LogP contribution >= 0.6 is 0 Å². The van der Waals surface area contributed by atoms with Crippen LogP contribution in [0.1, 0.15) is 0 Å². The number of nitrogen functional groups attached to an aromatic ring is 1. The molecule has 0 atom stereocenters. The minimum absolute atomic E-state index is 0. The van der Waals surface area contributed by atoms with Crippen molar-refractivity contribution in [2.24, 2.45) is 0 Å². The Bertz CT molecular complexity index is 305. The third kappa shape index (κ3) is 22.4. The highest BCUT2D eigenvalue weighted by Gasteiger charge is 1.72. The van der Waals surface area contributed by atoms with Crippen LogP contribution in [0.15, 0.2) is 30.3 Å². The van der Waals surface area contributed by atoms with Gasteiger partial charge in [0.25, 0.3) is 0 Å². The first-order chi connectivity index (χ1) is 5.39. The maximum Gasteiger partial charge on any atom is 0.0313 e.